The SMILES string of the molecule is c1cncc(C2(C3CCCC3)CO2)c1. The van der Waals surface area contributed by atoms with Gasteiger partial charge in [-0.3, -0.25) is 4.98 Å². The minimum atomic E-state index is 0.0603. The second-order valence-corrected chi connectivity index (χ2v) is 4.40. The summed E-state index contributed by atoms with van der Waals surface area (Å²) in [5.74, 6) is 0.742. The van der Waals surface area contributed by atoms with Gasteiger partial charge in [0, 0.05) is 18.0 Å². The third-order valence-electron chi connectivity index (χ3n) is 3.62. The molecule has 2 heterocycles. The Balaban J connectivity index is 1.89. The van der Waals surface area contributed by atoms with Gasteiger partial charge in [0.2, 0.25) is 0 Å². The lowest BCUT2D eigenvalue weighted by molar-refractivity contribution is 0.219. The first-order valence-electron chi connectivity index (χ1n) is 5.46. The molecule has 2 aliphatic rings. The van der Waals surface area contributed by atoms with E-state index in [9.17, 15) is 0 Å². The van der Waals surface area contributed by atoms with E-state index in [4.69, 9.17) is 4.74 Å². The lowest BCUT2D eigenvalue weighted by Gasteiger charge is -2.18. The van der Waals surface area contributed by atoms with Gasteiger partial charge < -0.3 is 4.74 Å². The molecule has 0 bridgehead atoms. The Bertz CT molecular complexity index is 312. The normalized spacial score (nSPS) is 32.0. The summed E-state index contributed by atoms with van der Waals surface area (Å²) in [4.78, 5) is 4.18. The van der Waals surface area contributed by atoms with Gasteiger partial charge in [0.25, 0.3) is 0 Å². The number of epoxide rings is 1. The summed E-state index contributed by atoms with van der Waals surface area (Å²) >= 11 is 0. The first kappa shape index (κ1) is 8.42. The molecule has 0 aromatic carbocycles. The Morgan fingerprint density at radius 3 is 2.71 bits per heavy atom. The molecule has 2 nitrogen and oxygen atoms in total. The van der Waals surface area contributed by atoms with E-state index < -0.39 is 0 Å². The van der Waals surface area contributed by atoms with Gasteiger partial charge in [-0.05, 0) is 24.8 Å². The third kappa shape index (κ3) is 1.17. The fourth-order valence-corrected chi connectivity index (χ4v) is 2.72. The summed E-state index contributed by atoms with van der Waals surface area (Å²) in [7, 11) is 0. The molecule has 0 spiro atoms. The number of hydrogen-bond acceptors (Lipinski definition) is 2. The van der Waals surface area contributed by atoms with Crippen LogP contribution in [-0.2, 0) is 10.3 Å². The van der Waals surface area contributed by atoms with Crippen LogP contribution in [0.1, 0.15) is 31.2 Å². The number of hydrogen-bond donors (Lipinski definition) is 0. The summed E-state index contributed by atoms with van der Waals surface area (Å²) in [5.41, 5.74) is 1.34. The second kappa shape index (κ2) is 3.06. The van der Waals surface area contributed by atoms with E-state index in [0.29, 0.717) is 0 Å². The van der Waals surface area contributed by atoms with Crippen LogP contribution in [0.15, 0.2) is 24.5 Å². The van der Waals surface area contributed by atoms with Crippen LogP contribution >= 0.6 is 0 Å². The highest BCUT2D eigenvalue weighted by molar-refractivity contribution is 5.25. The van der Waals surface area contributed by atoms with Crippen LogP contribution in [0.2, 0.25) is 0 Å². The molecule has 74 valence electrons. The highest BCUT2D eigenvalue weighted by Crippen LogP contribution is 2.51. The maximum Gasteiger partial charge on any atom is 0.121 e. The minimum absolute atomic E-state index is 0.0603. The maximum absolute atomic E-state index is 5.73. The Morgan fingerprint density at radius 1 is 1.36 bits per heavy atom. The highest BCUT2D eigenvalue weighted by Gasteiger charge is 2.53. The molecule has 1 atom stereocenters. The number of pyridine rings is 1. The molecular formula is C12H15NO. The molecule has 1 saturated carbocycles. The fourth-order valence-electron chi connectivity index (χ4n) is 2.72. The first-order valence-corrected chi connectivity index (χ1v) is 5.46. The largest absolute Gasteiger partial charge is 0.364 e. The molecule has 0 amide bonds. The number of nitrogens with zero attached hydrogens (tertiary/aromatic N) is 1. The van der Waals surface area contributed by atoms with Gasteiger partial charge >= 0.3 is 0 Å². The predicted octanol–water partition coefficient (Wildman–Crippen LogP) is 2.50. The molecule has 1 unspecified atom stereocenters. The molecule has 1 aliphatic carbocycles. The van der Waals surface area contributed by atoms with Crippen LogP contribution in [0.3, 0.4) is 0 Å². The summed E-state index contributed by atoms with van der Waals surface area (Å²) in [6.45, 7) is 0.906. The van der Waals surface area contributed by atoms with Gasteiger partial charge in [0.15, 0.2) is 0 Å². The second-order valence-electron chi connectivity index (χ2n) is 4.40. The number of rotatable bonds is 2. The van der Waals surface area contributed by atoms with Crippen molar-refractivity contribution in [2.24, 2.45) is 5.92 Å². The third-order valence-corrected chi connectivity index (χ3v) is 3.62. The lowest BCUT2D eigenvalue weighted by atomic mass is 9.86. The van der Waals surface area contributed by atoms with Gasteiger partial charge in [-0.1, -0.05) is 18.9 Å². The van der Waals surface area contributed by atoms with Crippen molar-refractivity contribution in [3.05, 3.63) is 30.1 Å². The lowest BCUT2D eigenvalue weighted by Crippen LogP contribution is -2.19. The molecule has 0 radical (unpaired) electrons. The van der Waals surface area contributed by atoms with Crippen molar-refractivity contribution in [2.75, 3.05) is 6.61 Å². The highest BCUT2D eigenvalue weighted by atomic mass is 16.6. The molecule has 1 aromatic heterocycles. The van der Waals surface area contributed by atoms with E-state index in [0.717, 1.165) is 12.5 Å². The number of ether oxygens (including phenoxy) is 1. The summed E-state index contributed by atoms with van der Waals surface area (Å²) < 4.78 is 5.73. The summed E-state index contributed by atoms with van der Waals surface area (Å²) in [6, 6.07) is 4.16. The zero-order chi connectivity index (χ0) is 9.43. The van der Waals surface area contributed by atoms with Gasteiger partial charge in [-0.25, -0.2) is 0 Å². The average molecular weight is 189 g/mol. The molecule has 2 fully saturated rings. The topological polar surface area (TPSA) is 25.4 Å². The van der Waals surface area contributed by atoms with Crippen LogP contribution in [0.25, 0.3) is 0 Å². The van der Waals surface area contributed by atoms with E-state index >= 15 is 0 Å². The molecule has 1 saturated heterocycles. The quantitative estimate of drug-likeness (QED) is 0.668. The Kier molecular flexibility index (Phi) is 1.84. The molecule has 2 heteroatoms. The molecule has 1 aliphatic heterocycles. The van der Waals surface area contributed by atoms with Crippen LogP contribution in [0.4, 0.5) is 0 Å². The predicted molar refractivity (Wildman–Crippen MR) is 53.8 cm³/mol. The fraction of sp³-hybridized carbons (Fsp3) is 0.583. The monoisotopic (exact) mass is 189 g/mol. The first-order chi connectivity index (χ1) is 6.92. The minimum Gasteiger partial charge on any atom is -0.364 e. The zero-order valence-electron chi connectivity index (χ0n) is 8.28. The van der Waals surface area contributed by atoms with Gasteiger partial charge in [-0.15, -0.1) is 0 Å². The van der Waals surface area contributed by atoms with E-state index in [2.05, 4.69) is 11.1 Å². The van der Waals surface area contributed by atoms with Crippen molar-refractivity contribution >= 4 is 0 Å². The van der Waals surface area contributed by atoms with Crippen molar-refractivity contribution in [3.8, 4) is 0 Å². The zero-order valence-corrected chi connectivity index (χ0v) is 8.28. The molecule has 1 aromatic rings. The Labute approximate surface area is 84.3 Å². The van der Waals surface area contributed by atoms with Gasteiger partial charge in [0.1, 0.15) is 5.60 Å². The van der Waals surface area contributed by atoms with Crippen molar-refractivity contribution in [1.29, 1.82) is 0 Å². The summed E-state index contributed by atoms with van der Waals surface area (Å²) in [5, 5.41) is 0. The van der Waals surface area contributed by atoms with Crippen LogP contribution < -0.4 is 0 Å². The standard InChI is InChI=1S/C12H15NO/c1-2-5-10(4-1)12(9-14-12)11-6-3-7-13-8-11/h3,6-8,10H,1-2,4-5,9H2. The van der Waals surface area contributed by atoms with Crippen LogP contribution in [0.5, 0.6) is 0 Å². The van der Waals surface area contributed by atoms with E-state index in [1.165, 1.54) is 31.2 Å². The van der Waals surface area contributed by atoms with Gasteiger partial charge in [0.05, 0.1) is 6.61 Å². The Morgan fingerprint density at radius 2 is 2.14 bits per heavy atom. The van der Waals surface area contributed by atoms with Crippen molar-refractivity contribution in [3.63, 3.8) is 0 Å². The van der Waals surface area contributed by atoms with E-state index in [1.807, 2.05) is 18.5 Å². The molecule has 0 N–H and O–H groups in total. The van der Waals surface area contributed by atoms with Crippen LogP contribution in [0, 0.1) is 5.92 Å². The Hall–Kier alpha value is -0.890. The maximum atomic E-state index is 5.73. The van der Waals surface area contributed by atoms with E-state index in [-0.39, 0.29) is 5.60 Å². The summed E-state index contributed by atoms with van der Waals surface area (Å²) in [6.07, 6.45) is 9.19. The molecular weight excluding hydrogens is 174 g/mol. The van der Waals surface area contributed by atoms with Crippen LogP contribution in [-0.4, -0.2) is 11.6 Å². The van der Waals surface area contributed by atoms with E-state index in [1.54, 1.807) is 0 Å². The van der Waals surface area contributed by atoms with Gasteiger partial charge in [-0.2, -0.15) is 0 Å². The molecule has 14 heavy (non-hydrogen) atoms. The molecule has 3 rings (SSSR count). The number of aromatic nitrogens is 1. The van der Waals surface area contributed by atoms with Crippen molar-refractivity contribution < 1.29 is 4.74 Å². The van der Waals surface area contributed by atoms with Crippen molar-refractivity contribution in [1.82, 2.24) is 4.98 Å². The average Bonchev–Trinajstić information content (AvgIpc) is 2.88. The smallest absolute Gasteiger partial charge is 0.121 e. The van der Waals surface area contributed by atoms with Crippen molar-refractivity contribution in [2.45, 2.75) is 31.3 Å².